The van der Waals surface area contributed by atoms with Crippen LogP contribution in [0.1, 0.15) is 11.1 Å². The molecule has 1 aliphatic heterocycles. The minimum absolute atomic E-state index is 0.764. The quantitative estimate of drug-likeness (QED) is 0.760. The van der Waals surface area contributed by atoms with Crippen molar-refractivity contribution in [1.82, 2.24) is 0 Å². The number of benzene rings is 2. The number of fused-ring (bicyclic) bond motifs is 1. The number of rotatable bonds is 1. The van der Waals surface area contributed by atoms with E-state index in [1.54, 1.807) is 0 Å². The second-order valence-electron chi connectivity index (χ2n) is 4.34. The number of hydrogen-bond donors (Lipinski definition) is 0. The van der Waals surface area contributed by atoms with Gasteiger partial charge in [-0.2, -0.15) is 0 Å². The van der Waals surface area contributed by atoms with Crippen LogP contribution in [0.15, 0.2) is 51.9 Å². The molecule has 0 radical (unpaired) electrons. The first-order valence-corrected chi connectivity index (χ1v) is 6.69. The molecule has 18 heavy (non-hydrogen) atoms. The van der Waals surface area contributed by atoms with Crippen LogP contribution in [-0.4, -0.2) is 6.34 Å². The first kappa shape index (κ1) is 11.5. The number of anilines is 2. The predicted molar refractivity (Wildman–Crippen MR) is 79.7 cm³/mol. The van der Waals surface area contributed by atoms with Crippen LogP contribution in [0.2, 0.25) is 0 Å². The Morgan fingerprint density at radius 3 is 2.72 bits per heavy atom. The van der Waals surface area contributed by atoms with Gasteiger partial charge < -0.3 is 4.90 Å². The van der Waals surface area contributed by atoms with Gasteiger partial charge in [-0.15, -0.1) is 0 Å². The fourth-order valence-corrected chi connectivity index (χ4v) is 2.57. The molecule has 2 aromatic rings. The standard InChI is InChI=1S/C15H13BrN2/c1-11-13(16)6-4-8-14(11)18-10-17-9-12-5-2-3-7-15(12)18/h2-8,10H,9H2,1H3. The third-order valence-corrected chi connectivity index (χ3v) is 4.07. The van der Waals surface area contributed by atoms with Crippen LogP contribution in [0.3, 0.4) is 0 Å². The number of halogens is 1. The van der Waals surface area contributed by atoms with Crippen LogP contribution < -0.4 is 4.90 Å². The van der Waals surface area contributed by atoms with E-state index in [0.717, 1.165) is 11.0 Å². The molecule has 0 saturated carbocycles. The molecule has 3 rings (SSSR count). The number of hydrogen-bond acceptors (Lipinski definition) is 2. The smallest absolute Gasteiger partial charge is 0.0944 e. The van der Waals surface area contributed by atoms with E-state index in [1.165, 1.54) is 22.5 Å². The summed E-state index contributed by atoms with van der Waals surface area (Å²) in [7, 11) is 0. The molecule has 0 unspecified atom stereocenters. The Balaban J connectivity index is 2.15. The van der Waals surface area contributed by atoms with Crippen molar-refractivity contribution in [3.05, 3.63) is 58.1 Å². The summed E-state index contributed by atoms with van der Waals surface area (Å²) in [5.41, 5.74) is 4.87. The molecule has 0 amide bonds. The number of nitrogens with zero attached hydrogens (tertiary/aromatic N) is 2. The molecule has 3 heteroatoms. The SMILES string of the molecule is Cc1c(Br)cccc1N1C=NCc2ccccc21. The molecule has 0 spiro atoms. The molecular weight excluding hydrogens is 288 g/mol. The van der Waals surface area contributed by atoms with Crippen LogP contribution in [0.25, 0.3) is 0 Å². The van der Waals surface area contributed by atoms with Crippen molar-refractivity contribution in [3.8, 4) is 0 Å². The van der Waals surface area contributed by atoms with E-state index in [2.05, 4.69) is 75.2 Å². The van der Waals surface area contributed by atoms with Crippen LogP contribution in [0.4, 0.5) is 11.4 Å². The Kier molecular flexibility index (Phi) is 2.92. The van der Waals surface area contributed by atoms with Crippen LogP contribution >= 0.6 is 15.9 Å². The molecule has 0 aromatic heterocycles. The minimum atomic E-state index is 0.764. The molecule has 0 aliphatic carbocycles. The second kappa shape index (κ2) is 4.58. The summed E-state index contributed by atoms with van der Waals surface area (Å²) in [6.45, 7) is 2.88. The van der Waals surface area contributed by atoms with Crippen molar-refractivity contribution in [1.29, 1.82) is 0 Å². The summed E-state index contributed by atoms with van der Waals surface area (Å²) in [5, 5.41) is 0. The highest BCUT2D eigenvalue weighted by Gasteiger charge is 2.16. The molecule has 2 aromatic carbocycles. The van der Waals surface area contributed by atoms with E-state index in [9.17, 15) is 0 Å². The van der Waals surface area contributed by atoms with Crippen molar-refractivity contribution >= 4 is 33.6 Å². The van der Waals surface area contributed by atoms with E-state index in [4.69, 9.17) is 0 Å². The van der Waals surface area contributed by atoms with Gasteiger partial charge >= 0.3 is 0 Å². The van der Waals surface area contributed by atoms with Gasteiger partial charge in [0.1, 0.15) is 0 Å². The lowest BCUT2D eigenvalue weighted by Gasteiger charge is -2.27. The maximum Gasteiger partial charge on any atom is 0.0944 e. The monoisotopic (exact) mass is 300 g/mol. The van der Waals surface area contributed by atoms with Crippen LogP contribution in [-0.2, 0) is 6.54 Å². The third kappa shape index (κ3) is 1.85. The predicted octanol–water partition coefficient (Wildman–Crippen LogP) is 4.44. The van der Waals surface area contributed by atoms with Gasteiger partial charge in [-0.05, 0) is 36.2 Å². The lowest BCUT2D eigenvalue weighted by atomic mass is 10.1. The Hall–Kier alpha value is -1.61. The molecule has 2 nitrogen and oxygen atoms in total. The lowest BCUT2D eigenvalue weighted by Crippen LogP contribution is -2.20. The zero-order valence-corrected chi connectivity index (χ0v) is 11.7. The fraction of sp³-hybridized carbons (Fsp3) is 0.133. The Labute approximate surface area is 115 Å². The van der Waals surface area contributed by atoms with Gasteiger partial charge in [-0.25, -0.2) is 0 Å². The van der Waals surface area contributed by atoms with Gasteiger partial charge in [0.15, 0.2) is 0 Å². The molecule has 1 heterocycles. The van der Waals surface area contributed by atoms with Gasteiger partial charge in [-0.3, -0.25) is 4.99 Å². The van der Waals surface area contributed by atoms with Crippen LogP contribution in [0, 0.1) is 6.92 Å². The van der Waals surface area contributed by atoms with E-state index in [0.29, 0.717) is 0 Å². The average Bonchev–Trinajstić information content (AvgIpc) is 2.41. The Bertz CT molecular complexity index is 620. The summed E-state index contributed by atoms with van der Waals surface area (Å²) in [6.07, 6.45) is 1.91. The van der Waals surface area contributed by atoms with Crippen molar-refractivity contribution < 1.29 is 0 Å². The fourth-order valence-electron chi connectivity index (χ4n) is 2.21. The Morgan fingerprint density at radius 2 is 1.83 bits per heavy atom. The highest BCUT2D eigenvalue weighted by Crippen LogP contribution is 2.34. The van der Waals surface area contributed by atoms with E-state index >= 15 is 0 Å². The maximum absolute atomic E-state index is 4.43. The average molecular weight is 301 g/mol. The van der Waals surface area contributed by atoms with Crippen molar-refractivity contribution in [2.45, 2.75) is 13.5 Å². The van der Waals surface area contributed by atoms with Crippen molar-refractivity contribution in [2.75, 3.05) is 4.90 Å². The first-order valence-electron chi connectivity index (χ1n) is 5.89. The summed E-state index contributed by atoms with van der Waals surface area (Å²) < 4.78 is 1.12. The zero-order chi connectivity index (χ0) is 12.5. The van der Waals surface area contributed by atoms with Gasteiger partial charge in [0.25, 0.3) is 0 Å². The van der Waals surface area contributed by atoms with Gasteiger partial charge in [0.2, 0.25) is 0 Å². The third-order valence-electron chi connectivity index (χ3n) is 3.21. The van der Waals surface area contributed by atoms with Gasteiger partial charge in [0.05, 0.1) is 24.3 Å². The molecule has 90 valence electrons. The van der Waals surface area contributed by atoms with Gasteiger partial charge in [0, 0.05) is 4.47 Å². The zero-order valence-electron chi connectivity index (χ0n) is 10.1. The Morgan fingerprint density at radius 1 is 1.06 bits per heavy atom. The molecule has 1 aliphatic rings. The lowest BCUT2D eigenvalue weighted by molar-refractivity contribution is 1.03. The topological polar surface area (TPSA) is 15.6 Å². The van der Waals surface area contributed by atoms with Crippen molar-refractivity contribution in [3.63, 3.8) is 0 Å². The second-order valence-corrected chi connectivity index (χ2v) is 5.19. The molecular formula is C15H13BrN2. The molecule has 0 saturated heterocycles. The minimum Gasteiger partial charge on any atom is -0.301 e. The summed E-state index contributed by atoms with van der Waals surface area (Å²) in [6, 6.07) is 14.6. The largest absolute Gasteiger partial charge is 0.301 e. The van der Waals surface area contributed by atoms with E-state index in [1.807, 2.05) is 6.34 Å². The molecule has 0 N–H and O–H groups in total. The van der Waals surface area contributed by atoms with Crippen LogP contribution in [0.5, 0.6) is 0 Å². The number of para-hydroxylation sites is 1. The summed E-state index contributed by atoms with van der Waals surface area (Å²) in [4.78, 5) is 6.58. The normalized spacial score (nSPS) is 13.6. The summed E-state index contributed by atoms with van der Waals surface area (Å²) in [5.74, 6) is 0. The number of aliphatic imine (C=N–C) groups is 1. The van der Waals surface area contributed by atoms with E-state index < -0.39 is 0 Å². The highest BCUT2D eigenvalue weighted by atomic mass is 79.9. The molecule has 0 bridgehead atoms. The first-order chi connectivity index (χ1) is 8.77. The highest BCUT2D eigenvalue weighted by molar-refractivity contribution is 9.10. The maximum atomic E-state index is 4.43. The van der Waals surface area contributed by atoms with Crippen molar-refractivity contribution in [2.24, 2.45) is 4.99 Å². The van der Waals surface area contributed by atoms with E-state index in [-0.39, 0.29) is 0 Å². The molecule has 0 fully saturated rings. The summed E-state index contributed by atoms with van der Waals surface area (Å²) >= 11 is 3.58. The van der Waals surface area contributed by atoms with Gasteiger partial charge in [-0.1, -0.05) is 40.2 Å². The molecule has 0 atom stereocenters.